The highest BCUT2D eigenvalue weighted by atomic mass is 19.4. The van der Waals surface area contributed by atoms with Gasteiger partial charge in [-0.3, -0.25) is 4.79 Å². The van der Waals surface area contributed by atoms with E-state index < -0.39 is 17.8 Å². The number of pyridine rings is 1. The molecule has 1 fully saturated rings. The van der Waals surface area contributed by atoms with Gasteiger partial charge >= 0.3 is 6.18 Å². The molecule has 150 valence electrons. The number of allylic oxidation sites excluding steroid dienone is 1. The molecule has 1 aliphatic rings. The fourth-order valence-electron chi connectivity index (χ4n) is 3.36. The molecule has 0 radical (unpaired) electrons. The molecule has 2 heterocycles. The van der Waals surface area contributed by atoms with Crippen LogP contribution in [0.2, 0.25) is 0 Å². The van der Waals surface area contributed by atoms with E-state index in [-0.39, 0.29) is 5.56 Å². The molecule has 0 amide bonds. The Kier molecular flexibility index (Phi) is 6.24. The summed E-state index contributed by atoms with van der Waals surface area (Å²) in [6, 6.07) is 8.32. The lowest BCUT2D eigenvalue weighted by Crippen LogP contribution is -2.30. The lowest BCUT2D eigenvalue weighted by atomic mass is 9.99. The molecule has 1 atom stereocenters. The van der Waals surface area contributed by atoms with E-state index in [1.165, 1.54) is 30.0 Å². The van der Waals surface area contributed by atoms with Crippen molar-refractivity contribution in [1.82, 2.24) is 4.98 Å². The van der Waals surface area contributed by atoms with Crippen LogP contribution < -0.4 is 10.5 Å². The van der Waals surface area contributed by atoms with Crippen LogP contribution in [0.4, 0.5) is 18.9 Å². The highest BCUT2D eigenvalue weighted by Gasteiger charge is 2.30. The van der Waals surface area contributed by atoms with Gasteiger partial charge in [-0.05, 0) is 61.6 Å². The molecule has 1 unspecified atom stereocenters. The Bertz CT molecular complexity index is 842. The standard InChI is InChI=1S/C21H23F3N2O2/c22-21(23,24)17-5-7-18(8-6-17)26-12-10-15(11-13-26)2-1-3-19(27)16-4-9-20(28)25-14-16/h2,4-9,14,19,27H,1,3,10-13H2,(H,25,28). The van der Waals surface area contributed by atoms with Crippen molar-refractivity contribution >= 4 is 5.69 Å². The van der Waals surface area contributed by atoms with Gasteiger partial charge in [0.15, 0.2) is 0 Å². The first-order chi connectivity index (χ1) is 13.3. The van der Waals surface area contributed by atoms with Crippen molar-refractivity contribution in [2.75, 3.05) is 18.0 Å². The third-order valence-electron chi connectivity index (χ3n) is 5.03. The zero-order valence-corrected chi connectivity index (χ0v) is 15.4. The Morgan fingerprint density at radius 3 is 2.36 bits per heavy atom. The molecule has 1 aromatic carbocycles. The number of aliphatic hydroxyl groups is 1. The number of anilines is 1. The highest BCUT2D eigenvalue weighted by molar-refractivity contribution is 5.49. The second-order valence-corrected chi connectivity index (χ2v) is 6.97. The second kappa shape index (κ2) is 8.65. The van der Waals surface area contributed by atoms with Crippen molar-refractivity contribution < 1.29 is 18.3 Å². The molecular weight excluding hydrogens is 369 g/mol. The smallest absolute Gasteiger partial charge is 0.388 e. The van der Waals surface area contributed by atoms with Gasteiger partial charge in [0.25, 0.3) is 0 Å². The summed E-state index contributed by atoms with van der Waals surface area (Å²) in [5, 5.41) is 10.2. The average Bonchev–Trinajstić information content (AvgIpc) is 2.68. The monoisotopic (exact) mass is 392 g/mol. The summed E-state index contributed by atoms with van der Waals surface area (Å²) in [6.07, 6.45) is 1.75. The maximum Gasteiger partial charge on any atom is 0.416 e. The predicted octanol–water partition coefficient (Wildman–Crippen LogP) is 4.43. The lowest BCUT2D eigenvalue weighted by molar-refractivity contribution is -0.137. The van der Waals surface area contributed by atoms with Gasteiger partial charge in [0.1, 0.15) is 0 Å². The molecule has 2 N–H and O–H groups in total. The van der Waals surface area contributed by atoms with Crippen LogP contribution in [0.15, 0.2) is 59.0 Å². The quantitative estimate of drug-likeness (QED) is 0.740. The Hall–Kier alpha value is -2.54. The molecular formula is C21H23F3N2O2. The first kappa shape index (κ1) is 20.2. The van der Waals surface area contributed by atoms with E-state index in [0.717, 1.165) is 50.2 Å². The van der Waals surface area contributed by atoms with Crippen molar-refractivity contribution in [2.24, 2.45) is 0 Å². The molecule has 2 aromatic rings. The first-order valence-corrected chi connectivity index (χ1v) is 9.30. The summed E-state index contributed by atoms with van der Waals surface area (Å²) in [5.74, 6) is 0. The Morgan fingerprint density at radius 1 is 1.11 bits per heavy atom. The topological polar surface area (TPSA) is 56.3 Å². The van der Waals surface area contributed by atoms with Crippen LogP contribution in [0.5, 0.6) is 0 Å². The molecule has 0 aliphatic carbocycles. The highest BCUT2D eigenvalue weighted by Crippen LogP contribution is 2.31. The van der Waals surface area contributed by atoms with Gasteiger partial charge in [0.05, 0.1) is 11.7 Å². The van der Waals surface area contributed by atoms with Gasteiger partial charge in [-0.1, -0.05) is 11.6 Å². The predicted molar refractivity (Wildman–Crippen MR) is 102 cm³/mol. The maximum atomic E-state index is 12.7. The fraction of sp³-hybridized carbons (Fsp3) is 0.381. The van der Waals surface area contributed by atoms with E-state index in [0.29, 0.717) is 12.0 Å². The van der Waals surface area contributed by atoms with Crippen LogP contribution >= 0.6 is 0 Å². The third kappa shape index (κ3) is 5.25. The van der Waals surface area contributed by atoms with Crippen LogP contribution in [-0.4, -0.2) is 23.2 Å². The number of alkyl halides is 3. The molecule has 0 bridgehead atoms. The van der Waals surface area contributed by atoms with Gasteiger partial charge in [-0.2, -0.15) is 13.2 Å². The van der Waals surface area contributed by atoms with Crippen molar-refractivity contribution in [3.05, 3.63) is 75.7 Å². The SMILES string of the molecule is O=c1ccc(C(O)CCC=C2CCN(c3ccc(C(F)(F)F)cc3)CC2)c[nH]1. The Balaban J connectivity index is 1.48. The summed E-state index contributed by atoms with van der Waals surface area (Å²) in [5.41, 5.74) is 1.97. The number of halogens is 3. The number of hydrogen-bond acceptors (Lipinski definition) is 3. The fourth-order valence-corrected chi connectivity index (χ4v) is 3.36. The molecule has 0 spiro atoms. The van der Waals surface area contributed by atoms with E-state index in [9.17, 15) is 23.1 Å². The summed E-state index contributed by atoms with van der Waals surface area (Å²) < 4.78 is 38.0. The molecule has 28 heavy (non-hydrogen) atoms. The minimum atomic E-state index is -4.31. The zero-order valence-electron chi connectivity index (χ0n) is 15.4. The van der Waals surface area contributed by atoms with E-state index >= 15 is 0 Å². The zero-order chi connectivity index (χ0) is 20.1. The number of piperidine rings is 1. The molecule has 3 rings (SSSR count). The lowest BCUT2D eigenvalue weighted by Gasteiger charge is -2.30. The molecule has 4 nitrogen and oxygen atoms in total. The van der Waals surface area contributed by atoms with E-state index in [1.807, 2.05) is 0 Å². The summed E-state index contributed by atoms with van der Waals surface area (Å²) in [7, 11) is 0. The van der Waals surface area contributed by atoms with Gasteiger partial charge in [0, 0.05) is 31.0 Å². The summed E-state index contributed by atoms with van der Waals surface area (Å²) in [6.45, 7) is 1.53. The van der Waals surface area contributed by atoms with Crippen LogP contribution in [0, 0.1) is 0 Å². The van der Waals surface area contributed by atoms with Gasteiger partial charge in [-0.15, -0.1) is 0 Å². The second-order valence-electron chi connectivity index (χ2n) is 6.97. The molecule has 7 heteroatoms. The average molecular weight is 392 g/mol. The number of aliphatic hydroxyl groups excluding tert-OH is 1. The number of aromatic amines is 1. The molecule has 1 saturated heterocycles. The van der Waals surface area contributed by atoms with Crippen LogP contribution in [-0.2, 0) is 6.18 Å². The number of benzene rings is 1. The van der Waals surface area contributed by atoms with Gasteiger partial charge < -0.3 is 15.0 Å². The number of aromatic nitrogens is 1. The van der Waals surface area contributed by atoms with Crippen molar-refractivity contribution in [3.63, 3.8) is 0 Å². The Labute approximate surface area is 161 Å². The van der Waals surface area contributed by atoms with E-state index in [2.05, 4.69) is 16.0 Å². The number of nitrogens with one attached hydrogen (secondary N) is 1. The molecule has 1 aliphatic heterocycles. The normalized spacial score (nSPS) is 16.1. The summed E-state index contributed by atoms with van der Waals surface area (Å²) >= 11 is 0. The Morgan fingerprint density at radius 2 is 1.79 bits per heavy atom. The van der Waals surface area contributed by atoms with Crippen molar-refractivity contribution in [2.45, 2.75) is 38.0 Å². The number of H-pyrrole nitrogens is 1. The van der Waals surface area contributed by atoms with Gasteiger partial charge in [-0.25, -0.2) is 0 Å². The number of hydrogen-bond donors (Lipinski definition) is 2. The van der Waals surface area contributed by atoms with Crippen molar-refractivity contribution in [3.8, 4) is 0 Å². The van der Waals surface area contributed by atoms with E-state index in [4.69, 9.17) is 0 Å². The minimum Gasteiger partial charge on any atom is -0.388 e. The molecule has 1 aromatic heterocycles. The minimum absolute atomic E-state index is 0.196. The molecule has 0 saturated carbocycles. The summed E-state index contributed by atoms with van der Waals surface area (Å²) in [4.78, 5) is 15.7. The van der Waals surface area contributed by atoms with Crippen LogP contribution in [0.25, 0.3) is 0 Å². The van der Waals surface area contributed by atoms with Gasteiger partial charge in [0.2, 0.25) is 5.56 Å². The van der Waals surface area contributed by atoms with Crippen LogP contribution in [0.3, 0.4) is 0 Å². The van der Waals surface area contributed by atoms with Crippen molar-refractivity contribution in [1.29, 1.82) is 0 Å². The van der Waals surface area contributed by atoms with Crippen LogP contribution in [0.1, 0.15) is 42.9 Å². The number of rotatable bonds is 5. The first-order valence-electron chi connectivity index (χ1n) is 9.30. The maximum absolute atomic E-state index is 12.7. The largest absolute Gasteiger partial charge is 0.416 e. The van der Waals surface area contributed by atoms with E-state index in [1.54, 1.807) is 6.07 Å². The third-order valence-corrected chi connectivity index (χ3v) is 5.03. The number of nitrogens with zero attached hydrogens (tertiary/aromatic N) is 1.